The van der Waals surface area contributed by atoms with Gasteiger partial charge in [0.05, 0.1) is 0 Å². The van der Waals surface area contributed by atoms with Gasteiger partial charge in [-0.1, -0.05) is 20.8 Å². The molecule has 0 radical (unpaired) electrons. The number of nitrogens with two attached hydrogens (primary N) is 1. The standard InChI is InChI=1S/C14H33N3/c1-7-17(10-8-9-16(5)6)14(4,12-15)11-13(2)3/h13H,7-12,15H2,1-6H3. The Bertz CT molecular complexity index is 192. The Labute approximate surface area is 108 Å². The fourth-order valence-electron chi connectivity index (χ4n) is 2.61. The van der Waals surface area contributed by atoms with Crippen LogP contribution in [0.1, 0.15) is 40.5 Å². The highest BCUT2D eigenvalue weighted by atomic mass is 15.2. The Morgan fingerprint density at radius 1 is 1.18 bits per heavy atom. The molecule has 0 aliphatic heterocycles. The SMILES string of the molecule is CCN(CCCN(C)C)C(C)(CN)CC(C)C. The quantitative estimate of drug-likeness (QED) is 0.672. The van der Waals surface area contributed by atoms with Gasteiger partial charge in [-0.2, -0.15) is 0 Å². The van der Waals surface area contributed by atoms with Crippen molar-refractivity contribution in [2.45, 2.75) is 46.1 Å². The monoisotopic (exact) mass is 243 g/mol. The maximum Gasteiger partial charge on any atom is 0.0305 e. The number of likely N-dealkylation sites (N-methyl/N-ethyl adjacent to an activating group) is 1. The molecule has 3 heteroatoms. The minimum atomic E-state index is 0.162. The van der Waals surface area contributed by atoms with Crippen LogP contribution in [0.3, 0.4) is 0 Å². The molecular weight excluding hydrogens is 210 g/mol. The lowest BCUT2D eigenvalue weighted by atomic mass is 9.88. The van der Waals surface area contributed by atoms with Crippen molar-refractivity contribution in [3.63, 3.8) is 0 Å². The fourth-order valence-corrected chi connectivity index (χ4v) is 2.61. The Hall–Kier alpha value is -0.120. The van der Waals surface area contributed by atoms with E-state index in [1.807, 2.05) is 0 Å². The van der Waals surface area contributed by atoms with Gasteiger partial charge in [0.25, 0.3) is 0 Å². The van der Waals surface area contributed by atoms with Crippen LogP contribution in [-0.4, -0.2) is 55.6 Å². The van der Waals surface area contributed by atoms with Gasteiger partial charge in [-0.15, -0.1) is 0 Å². The average molecular weight is 243 g/mol. The van der Waals surface area contributed by atoms with Gasteiger partial charge in [0, 0.05) is 12.1 Å². The number of hydrogen-bond acceptors (Lipinski definition) is 3. The lowest BCUT2D eigenvalue weighted by molar-refractivity contribution is 0.0909. The third kappa shape index (κ3) is 6.39. The highest BCUT2D eigenvalue weighted by molar-refractivity contribution is 4.87. The lowest BCUT2D eigenvalue weighted by Gasteiger charge is -2.41. The molecule has 0 aromatic heterocycles. The Morgan fingerprint density at radius 2 is 1.76 bits per heavy atom. The van der Waals surface area contributed by atoms with E-state index in [-0.39, 0.29) is 5.54 Å². The number of rotatable bonds is 9. The van der Waals surface area contributed by atoms with Crippen molar-refractivity contribution < 1.29 is 0 Å². The molecule has 0 rings (SSSR count). The molecule has 17 heavy (non-hydrogen) atoms. The molecule has 0 aromatic rings. The van der Waals surface area contributed by atoms with Crippen molar-refractivity contribution in [3.8, 4) is 0 Å². The van der Waals surface area contributed by atoms with Crippen LogP contribution in [0.25, 0.3) is 0 Å². The molecule has 0 aliphatic rings. The molecule has 0 saturated carbocycles. The van der Waals surface area contributed by atoms with Crippen molar-refractivity contribution in [1.82, 2.24) is 9.80 Å². The molecule has 104 valence electrons. The summed E-state index contributed by atoms with van der Waals surface area (Å²) < 4.78 is 0. The zero-order valence-electron chi connectivity index (χ0n) is 12.8. The van der Waals surface area contributed by atoms with E-state index in [2.05, 4.69) is 51.6 Å². The molecule has 0 heterocycles. The van der Waals surface area contributed by atoms with Crippen molar-refractivity contribution in [2.24, 2.45) is 11.7 Å². The summed E-state index contributed by atoms with van der Waals surface area (Å²) in [5.41, 5.74) is 6.17. The molecule has 0 bridgehead atoms. The number of hydrogen-bond donors (Lipinski definition) is 1. The zero-order chi connectivity index (χ0) is 13.5. The molecule has 0 amide bonds. The second kappa shape index (κ2) is 8.06. The minimum absolute atomic E-state index is 0.162. The molecule has 3 nitrogen and oxygen atoms in total. The molecule has 0 fully saturated rings. The van der Waals surface area contributed by atoms with Crippen LogP contribution < -0.4 is 5.73 Å². The van der Waals surface area contributed by atoms with Crippen LogP contribution in [0.2, 0.25) is 0 Å². The first-order valence-electron chi connectivity index (χ1n) is 6.95. The van der Waals surface area contributed by atoms with Gasteiger partial charge in [0.1, 0.15) is 0 Å². The van der Waals surface area contributed by atoms with Crippen molar-refractivity contribution in [2.75, 3.05) is 40.3 Å². The first kappa shape index (κ1) is 16.9. The molecule has 0 aliphatic carbocycles. The van der Waals surface area contributed by atoms with Gasteiger partial charge < -0.3 is 10.6 Å². The molecule has 0 spiro atoms. The van der Waals surface area contributed by atoms with E-state index < -0.39 is 0 Å². The molecular formula is C14H33N3. The second-order valence-electron chi connectivity index (χ2n) is 6.04. The highest BCUT2D eigenvalue weighted by Crippen LogP contribution is 2.23. The first-order valence-corrected chi connectivity index (χ1v) is 6.95. The Kier molecular flexibility index (Phi) is 8.01. The van der Waals surface area contributed by atoms with Crippen LogP contribution in [0, 0.1) is 5.92 Å². The zero-order valence-corrected chi connectivity index (χ0v) is 12.8. The summed E-state index contributed by atoms with van der Waals surface area (Å²) >= 11 is 0. The van der Waals surface area contributed by atoms with E-state index in [0.29, 0.717) is 5.92 Å². The van der Waals surface area contributed by atoms with Gasteiger partial charge in [-0.3, -0.25) is 4.90 Å². The van der Waals surface area contributed by atoms with E-state index in [4.69, 9.17) is 5.73 Å². The van der Waals surface area contributed by atoms with Crippen molar-refractivity contribution in [1.29, 1.82) is 0 Å². The minimum Gasteiger partial charge on any atom is -0.329 e. The fraction of sp³-hybridized carbons (Fsp3) is 1.00. The summed E-state index contributed by atoms with van der Waals surface area (Å²) in [6, 6.07) is 0. The van der Waals surface area contributed by atoms with Gasteiger partial charge in [0.2, 0.25) is 0 Å². The maximum atomic E-state index is 6.01. The second-order valence-corrected chi connectivity index (χ2v) is 6.04. The summed E-state index contributed by atoms with van der Waals surface area (Å²) in [4.78, 5) is 4.80. The predicted octanol–water partition coefficient (Wildman–Crippen LogP) is 2.02. The molecule has 2 N–H and O–H groups in total. The maximum absolute atomic E-state index is 6.01. The smallest absolute Gasteiger partial charge is 0.0305 e. The Morgan fingerprint density at radius 3 is 2.12 bits per heavy atom. The molecule has 0 saturated heterocycles. The summed E-state index contributed by atoms with van der Waals surface area (Å²) in [6.07, 6.45) is 2.40. The molecule has 1 unspecified atom stereocenters. The normalized spacial score (nSPS) is 15.9. The van der Waals surface area contributed by atoms with Gasteiger partial charge >= 0.3 is 0 Å². The van der Waals surface area contributed by atoms with Crippen molar-refractivity contribution >= 4 is 0 Å². The van der Waals surface area contributed by atoms with Crippen LogP contribution in [0.15, 0.2) is 0 Å². The van der Waals surface area contributed by atoms with Gasteiger partial charge in [-0.25, -0.2) is 0 Å². The van der Waals surface area contributed by atoms with Crippen LogP contribution >= 0.6 is 0 Å². The van der Waals surface area contributed by atoms with Crippen LogP contribution in [0.5, 0.6) is 0 Å². The van der Waals surface area contributed by atoms with E-state index in [0.717, 1.165) is 26.2 Å². The first-order chi connectivity index (χ1) is 7.85. The van der Waals surface area contributed by atoms with Gasteiger partial charge in [0.15, 0.2) is 0 Å². The van der Waals surface area contributed by atoms with E-state index in [9.17, 15) is 0 Å². The number of nitrogens with zero attached hydrogens (tertiary/aromatic N) is 2. The third-order valence-electron chi connectivity index (χ3n) is 3.47. The van der Waals surface area contributed by atoms with Crippen LogP contribution in [0.4, 0.5) is 0 Å². The third-order valence-corrected chi connectivity index (χ3v) is 3.47. The molecule has 0 aromatic carbocycles. The summed E-state index contributed by atoms with van der Waals surface area (Å²) in [7, 11) is 4.26. The average Bonchev–Trinajstić information content (AvgIpc) is 2.22. The highest BCUT2D eigenvalue weighted by Gasteiger charge is 2.29. The Balaban J connectivity index is 4.36. The predicted molar refractivity (Wildman–Crippen MR) is 77.3 cm³/mol. The topological polar surface area (TPSA) is 32.5 Å². The summed E-state index contributed by atoms with van der Waals surface area (Å²) in [6.45, 7) is 13.3. The summed E-state index contributed by atoms with van der Waals surface area (Å²) in [5, 5.41) is 0. The van der Waals surface area contributed by atoms with E-state index in [1.165, 1.54) is 12.8 Å². The van der Waals surface area contributed by atoms with Crippen LogP contribution in [-0.2, 0) is 0 Å². The van der Waals surface area contributed by atoms with E-state index in [1.54, 1.807) is 0 Å². The molecule has 1 atom stereocenters. The summed E-state index contributed by atoms with van der Waals surface area (Å²) in [5.74, 6) is 0.700. The van der Waals surface area contributed by atoms with Gasteiger partial charge in [-0.05, 0) is 59.4 Å². The van der Waals surface area contributed by atoms with E-state index >= 15 is 0 Å². The largest absolute Gasteiger partial charge is 0.329 e. The lowest BCUT2D eigenvalue weighted by Crippen LogP contribution is -2.53. The van der Waals surface area contributed by atoms with Crippen molar-refractivity contribution in [3.05, 3.63) is 0 Å².